The van der Waals surface area contributed by atoms with Crippen molar-refractivity contribution >= 4 is 5.69 Å². The first-order chi connectivity index (χ1) is 8.70. The van der Waals surface area contributed by atoms with Crippen molar-refractivity contribution in [1.82, 2.24) is 9.78 Å². The Balaban J connectivity index is 1.82. The molecule has 0 aliphatic carbocycles. The average molecular weight is 241 g/mol. The van der Waals surface area contributed by atoms with Crippen molar-refractivity contribution in [1.29, 1.82) is 0 Å². The zero-order valence-electron chi connectivity index (χ0n) is 11.0. The third-order valence-electron chi connectivity index (χ3n) is 3.58. The molecular formula is C15H19N3. The molecule has 0 spiro atoms. The standard InChI is InChI=1S/C15H19N3/c1-11-3-5-14-8-12(4-6-15(14)17-11)7-13-9-16-18(2)10-13/h4,6,8-11,17H,3,5,7H2,1-2H3. The van der Waals surface area contributed by atoms with Crippen LogP contribution >= 0.6 is 0 Å². The zero-order chi connectivity index (χ0) is 12.5. The second kappa shape index (κ2) is 4.48. The lowest BCUT2D eigenvalue weighted by molar-refractivity contribution is 0.680. The van der Waals surface area contributed by atoms with Crippen molar-refractivity contribution < 1.29 is 0 Å². The summed E-state index contributed by atoms with van der Waals surface area (Å²) >= 11 is 0. The minimum Gasteiger partial charge on any atom is -0.382 e. The Morgan fingerprint density at radius 2 is 2.28 bits per heavy atom. The molecule has 3 rings (SSSR count). The number of hydrogen-bond acceptors (Lipinski definition) is 2. The van der Waals surface area contributed by atoms with Crippen molar-refractivity contribution in [3.63, 3.8) is 0 Å². The van der Waals surface area contributed by atoms with E-state index in [-0.39, 0.29) is 0 Å². The average Bonchev–Trinajstić information content (AvgIpc) is 2.75. The molecule has 1 unspecified atom stereocenters. The van der Waals surface area contributed by atoms with E-state index < -0.39 is 0 Å². The maximum absolute atomic E-state index is 4.21. The molecule has 0 bridgehead atoms. The fraction of sp³-hybridized carbons (Fsp3) is 0.400. The van der Waals surface area contributed by atoms with E-state index in [0.29, 0.717) is 6.04 Å². The normalized spacial score (nSPS) is 18.2. The summed E-state index contributed by atoms with van der Waals surface area (Å²) in [5, 5.41) is 7.75. The van der Waals surface area contributed by atoms with Crippen LogP contribution in [0.1, 0.15) is 30.0 Å². The van der Waals surface area contributed by atoms with Crippen LogP contribution in [0.4, 0.5) is 5.69 Å². The van der Waals surface area contributed by atoms with Gasteiger partial charge in [-0.3, -0.25) is 4.68 Å². The van der Waals surface area contributed by atoms with E-state index in [2.05, 4.69) is 41.7 Å². The number of aryl methyl sites for hydroxylation is 2. The summed E-state index contributed by atoms with van der Waals surface area (Å²) in [4.78, 5) is 0. The van der Waals surface area contributed by atoms with Crippen molar-refractivity contribution in [2.45, 2.75) is 32.2 Å². The second-order valence-electron chi connectivity index (χ2n) is 5.27. The molecule has 1 N–H and O–H groups in total. The van der Waals surface area contributed by atoms with E-state index in [1.165, 1.54) is 35.2 Å². The topological polar surface area (TPSA) is 29.9 Å². The van der Waals surface area contributed by atoms with Crippen LogP contribution in [-0.2, 0) is 19.9 Å². The summed E-state index contributed by atoms with van der Waals surface area (Å²) in [7, 11) is 1.96. The molecule has 1 atom stereocenters. The van der Waals surface area contributed by atoms with Gasteiger partial charge in [0.1, 0.15) is 0 Å². The number of nitrogens with zero attached hydrogens (tertiary/aromatic N) is 2. The minimum absolute atomic E-state index is 0.599. The molecule has 0 saturated carbocycles. The van der Waals surface area contributed by atoms with Gasteiger partial charge < -0.3 is 5.32 Å². The summed E-state index contributed by atoms with van der Waals surface area (Å²) in [6, 6.07) is 7.37. The molecule has 94 valence electrons. The van der Waals surface area contributed by atoms with Crippen molar-refractivity contribution in [2.75, 3.05) is 5.32 Å². The van der Waals surface area contributed by atoms with Crippen molar-refractivity contribution in [2.24, 2.45) is 7.05 Å². The number of benzene rings is 1. The summed E-state index contributed by atoms with van der Waals surface area (Å²) in [6.45, 7) is 2.24. The largest absolute Gasteiger partial charge is 0.382 e. The number of anilines is 1. The van der Waals surface area contributed by atoms with Crippen LogP contribution in [-0.4, -0.2) is 15.8 Å². The Kier molecular flexibility index (Phi) is 2.82. The van der Waals surface area contributed by atoms with Gasteiger partial charge in [-0.2, -0.15) is 5.10 Å². The first-order valence-corrected chi connectivity index (χ1v) is 6.56. The Labute approximate surface area is 108 Å². The van der Waals surface area contributed by atoms with Crippen molar-refractivity contribution in [3.8, 4) is 0 Å². The number of hydrogen-bond donors (Lipinski definition) is 1. The van der Waals surface area contributed by atoms with E-state index in [4.69, 9.17) is 0 Å². The van der Waals surface area contributed by atoms with Crippen LogP contribution in [0.2, 0.25) is 0 Å². The number of rotatable bonds is 2. The number of aromatic nitrogens is 2. The maximum atomic E-state index is 4.21. The quantitative estimate of drug-likeness (QED) is 0.876. The van der Waals surface area contributed by atoms with Gasteiger partial charge in [0.15, 0.2) is 0 Å². The van der Waals surface area contributed by atoms with E-state index in [1.807, 2.05) is 17.9 Å². The Morgan fingerprint density at radius 3 is 3.06 bits per heavy atom. The SMILES string of the molecule is CC1CCc2cc(Cc3cnn(C)c3)ccc2N1. The van der Waals surface area contributed by atoms with Crippen LogP contribution in [0.15, 0.2) is 30.6 Å². The maximum Gasteiger partial charge on any atom is 0.0525 e. The molecule has 1 aromatic heterocycles. The molecule has 3 nitrogen and oxygen atoms in total. The second-order valence-corrected chi connectivity index (χ2v) is 5.27. The van der Waals surface area contributed by atoms with Gasteiger partial charge >= 0.3 is 0 Å². The Bertz CT molecular complexity index is 557. The molecular weight excluding hydrogens is 222 g/mol. The Morgan fingerprint density at radius 1 is 1.39 bits per heavy atom. The van der Waals surface area contributed by atoms with Gasteiger partial charge in [0.25, 0.3) is 0 Å². The summed E-state index contributed by atoms with van der Waals surface area (Å²) in [6.07, 6.45) is 7.41. The van der Waals surface area contributed by atoms with Gasteiger partial charge in [0.2, 0.25) is 0 Å². The van der Waals surface area contributed by atoms with Gasteiger partial charge in [-0.05, 0) is 42.5 Å². The highest BCUT2D eigenvalue weighted by Gasteiger charge is 2.14. The molecule has 0 radical (unpaired) electrons. The summed E-state index contributed by atoms with van der Waals surface area (Å²) < 4.78 is 1.86. The van der Waals surface area contributed by atoms with Gasteiger partial charge in [0.05, 0.1) is 6.20 Å². The predicted octanol–water partition coefficient (Wildman–Crippen LogP) is 2.76. The molecule has 3 heteroatoms. The Hall–Kier alpha value is -1.77. The monoisotopic (exact) mass is 241 g/mol. The van der Waals surface area contributed by atoms with Crippen molar-refractivity contribution in [3.05, 3.63) is 47.3 Å². The van der Waals surface area contributed by atoms with Crippen LogP contribution in [0.25, 0.3) is 0 Å². The molecule has 2 aromatic rings. The third kappa shape index (κ3) is 2.26. The van der Waals surface area contributed by atoms with Crippen LogP contribution < -0.4 is 5.32 Å². The van der Waals surface area contributed by atoms with E-state index >= 15 is 0 Å². The zero-order valence-corrected chi connectivity index (χ0v) is 11.0. The fourth-order valence-corrected chi connectivity index (χ4v) is 2.61. The smallest absolute Gasteiger partial charge is 0.0525 e. The molecule has 0 amide bonds. The van der Waals surface area contributed by atoms with Crippen LogP contribution in [0.5, 0.6) is 0 Å². The summed E-state index contributed by atoms with van der Waals surface area (Å²) in [5.41, 5.74) is 5.41. The number of fused-ring (bicyclic) bond motifs is 1. The van der Waals surface area contributed by atoms with Crippen LogP contribution in [0.3, 0.4) is 0 Å². The first kappa shape index (κ1) is 11.3. The molecule has 18 heavy (non-hydrogen) atoms. The van der Waals surface area contributed by atoms with Gasteiger partial charge in [-0.25, -0.2) is 0 Å². The lowest BCUT2D eigenvalue weighted by Crippen LogP contribution is -2.21. The number of nitrogens with one attached hydrogen (secondary N) is 1. The minimum atomic E-state index is 0.599. The highest BCUT2D eigenvalue weighted by molar-refractivity contribution is 5.55. The molecule has 1 aromatic carbocycles. The van der Waals surface area contributed by atoms with Gasteiger partial charge in [-0.1, -0.05) is 12.1 Å². The van der Waals surface area contributed by atoms with Gasteiger partial charge in [-0.15, -0.1) is 0 Å². The highest BCUT2D eigenvalue weighted by atomic mass is 15.2. The molecule has 0 saturated heterocycles. The van der Waals surface area contributed by atoms with Gasteiger partial charge in [0, 0.05) is 31.4 Å². The molecule has 1 aliphatic rings. The van der Waals surface area contributed by atoms with E-state index in [0.717, 1.165) is 6.42 Å². The lowest BCUT2D eigenvalue weighted by Gasteiger charge is -2.24. The first-order valence-electron chi connectivity index (χ1n) is 6.56. The fourth-order valence-electron chi connectivity index (χ4n) is 2.61. The van der Waals surface area contributed by atoms with E-state index in [9.17, 15) is 0 Å². The van der Waals surface area contributed by atoms with Crippen LogP contribution in [0, 0.1) is 0 Å². The molecule has 1 aliphatic heterocycles. The molecule has 0 fully saturated rings. The molecule has 2 heterocycles. The lowest BCUT2D eigenvalue weighted by atomic mass is 9.95. The predicted molar refractivity (Wildman–Crippen MR) is 73.9 cm³/mol. The third-order valence-corrected chi connectivity index (χ3v) is 3.58. The summed E-state index contributed by atoms with van der Waals surface area (Å²) in [5.74, 6) is 0. The highest BCUT2D eigenvalue weighted by Crippen LogP contribution is 2.26. The van der Waals surface area contributed by atoms with E-state index in [1.54, 1.807) is 0 Å².